The molecule has 0 aliphatic heterocycles. The number of hydrogen-bond acceptors (Lipinski definition) is 5. The molecule has 1 aromatic carbocycles. The Bertz CT molecular complexity index is 543. The molecule has 0 bridgehead atoms. The Labute approximate surface area is 107 Å². The minimum Gasteiger partial charge on any atom is -0.479 e. The van der Waals surface area contributed by atoms with Crippen LogP contribution in [-0.4, -0.2) is 27.2 Å². The molecular formula is C10H7Cl2N3O2. The minimum atomic E-state index is -0.428. The topological polar surface area (TPSA) is 68.1 Å². The molecule has 2 rings (SSSR count). The van der Waals surface area contributed by atoms with Gasteiger partial charge in [-0.05, 0) is 18.2 Å². The van der Waals surface area contributed by atoms with Crippen molar-refractivity contribution in [1.29, 1.82) is 0 Å². The maximum Gasteiger partial charge on any atom is 0.322 e. The summed E-state index contributed by atoms with van der Waals surface area (Å²) in [6, 6.07) is 4.43. The van der Waals surface area contributed by atoms with Crippen LogP contribution >= 0.6 is 23.2 Å². The molecule has 17 heavy (non-hydrogen) atoms. The van der Waals surface area contributed by atoms with Gasteiger partial charge in [0, 0.05) is 15.6 Å². The van der Waals surface area contributed by atoms with Crippen molar-refractivity contribution in [2.24, 2.45) is 0 Å². The van der Waals surface area contributed by atoms with Crippen molar-refractivity contribution in [2.45, 2.75) is 0 Å². The monoisotopic (exact) mass is 271 g/mol. The van der Waals surface area contributed by atoms with Gasteiger partial charge < -0.3 is 9.84 Å². The maximum atomic E-state index is 9.32. The van der Waals surface area contributed by atoms with E-state index in [1.165, 1.54) is 7.11 Å². The van der Waals surface area contributed by atoms with E-state index in [0.29, 0.717) is 15.6 Å². The molecule has 0 fully saturated rings. The number of aromatic nitrogens is 3. The average Bonchev–Trinajstić information content (AvgIpc) is 2.26. The van der Waals surface area contributed by atoms with E-state index >= 15 is 0 Å². The second kappa shape index (κ2) is 4.73. The molecule has 1 N–H and O–H groups in total. The van der Waals surface area contributed by atoms with E-state index < -0.39 is 6.01 Å². The number of nitrogens with zero attached hydrogens (tertiary/aromatic N) is 3. The quantitative estimate of drug-likeness (QED) is 0.909. The van der Waals surface area contributed by atoms with Gasteiger partial charge in [0.2, 0.25) is 0 Å². The summed E-state index contributed by atoms with van der Waals surface area (Å²) in [5.41, 5.74) is 0.568. The lowest BCUT2D eigenvalue weighted by molar-refractivity contribution is 0.356. The molecule has 0 spiro atoms. The van der Waals surface area contributed by atoms with E-state index in [4.69, 9.17) is 27.9 Å². The number of halogens is 2. The second-order valence-corrected chi connectivity index (χ2v) is 3.98. The van der Waals surface area contributed by atoms with Gasteiger partial charge >= 0.3 is 12.0 Å². The predicted octanol–water partition coefficient (Wildman–Crippen LogP) is 2.56. The first kappa shape index (κ1) is 11.9. The fourth-order valence-corrected chi connectivity index (χ4v) is 1.78. The molecule has 1 heterocycles. The average molecular weight is 272 g/mol. The van der Waals surface area contributed by atoms with Gasteiger partial charge in [0.1, 0.15) is 0 Å². The Morgan fingerprint density at radius 1 is 1.06 bits per heavy atom. The van der Waals surface area contributed by atoms with Gasteiger partial charge in [-0.3, -0.25) is 0 Å². The Balaban J connectivity index is 2.55. The van der Waals surface area contributed by atoms with E-state index in [9.17, 15) is 5.11 Å². The van der Waals surface area contributed by atoms with Crippen LogP contribution in [-0.2, 0) is 0 Å². The fourth-order valence-electron chi connectivity index (χ4n) is 1.25. The van der Waals surface area contributed by atoms with Gasteiger partial charge in [-0.1, -0.05) is 23.2 Å². The normalized spacial score (nSPS) is 10.3. The summed E-state index contributed by atoms with van der Waals surface area (Å²) in [6.07, 6.45) is 0. The van der Waals surface area contributed by atoms with E-state index in [1.807, 2.05) is 0 Å². The van der Waals surface area contributed by atoms with E-state index in [2.05, 4.69) is 15.0 Å². The third-order valence-electron chi connectivity index (χ3n) is 1.91. The van der Waals surface area contributed by atoms with Gasteiger partial charge in [0.15, 0.2) is 5.82 Å². The van der Waals surface area contributed by atoms with Crippen LogP contribution < -0.4 is 4.74 Å². The molecule has 5 nitrogen and oxygen atoms in total. The summed E-state index contributed by atoms with van der Waals surface area (Å²) >= 11 is 11.7. The molecule has 88 valence electrons. The highest BCUT2D eigenvalue weighted by Gasteiger charge is 2.09. The number of benzene rings is 1. The summed E-state index contributed by atoms with van der Waals surface area (Å²) in [4.78, 5) is 11.3. The van der Waals surface area contributed by atoms with Crippen LogP contribution in [0.25, 0.3) is 11.4 Å². The molecule has 2 aromatic rings. The lowest BCUT2D eigenvalue weighted by Crippen LogP contribution is -1.97. The molecule has 0 radical (unpaired) electrons. The molecule has 0 saturated carbocycles. The van der Waals surface area contributed by atoms with Crippen molar-refractivity contribution >= 4 is 23.2 Å². The first-order chi connectivity index (χ1) is 8.08. The smallest absolute Gasteiger partial charge is 0.322 e. The van der Waals surface area contributed by atoms with Crippen molar-refractivity contribution < 1.29 is 9.84 Å². The molecule has 0 aliphatic carbocycles. The van der Waals surface area contributed by atoms with Crippen LogP contribution in [0.2, 0.25) is 10.0 Å². The molecular weight excluding hydrogens is 265 g/mol. The van der Waals surface area contributed by atoms with E-state index in [-0.39, 0.29) is 11.8 Å². The highest BCUT2D eigenvalue weighted by atomic mass is 35.5. The fraction of sp³-hybridized carbons (Fsp3) is 0.100. The van der Waals surface area contributed by atoms with Crippen LogP contribution in [0.15, 0.2) is 18.2 Å². The second-order valence-electron chi connectivity index (χ2n) is 3.10. The number of rotatable bonds is 2. The third kappa shape index (κ3) is 2.75. The Morgan fingerprint density at radius 2 is 1.71 bits per heavy atom. The van der Waals surface area contributed by atoms with E-state index in [1.54, 1.807) is 18.2 Å². The van der Waals surface area contributed by atoms with Gasteiger partial charge in [-0.2, -0.15) is 9.97 Å². The molecule has 0 saturated heterocycles. The maximum absolute atomic E-state index is 9.32. The van der Waals surface area contributed by atoms with Crippen molar-refractivity contribution in [1.82, 2.24) is 15.0 Å². The zero-order chi connectivity index (χ0) is 12.4. The molecule has 0 atom stereocenters. The SMILES string of the molecule is COc1nc(O)nc(-c2cc(Cl)cc(Cl)c2)n1. The zero-order valence-electron chi connectivity index (χ0n) is 8.69. The van der Waals surface area contributed by atoms with E-state index in [0.717, 1.165) is 0 Å². The largest absolute Gasteiger partial charge is 0.479 e. The number of ether oxygens (including phenoxy) is 1. The van der Waals surface area contributed by atoms with Gasteiger partial charge in [-0.25, -0.2) is 0 Å². The summed E-state index contributed by atoms with van der Waals surface area (Å²) in [7, 11) is 1.39. The van der Waals surface area contributed by atoms with Crippen LogP contribution in [0.3, 0.4) is 0 Å². The standard InChI is InChI=1S/C10H7Cl2N3O2/c1-17-10-14-8(13-9(16)15-10)5-2-6(11)4-7(12)3-5/h2-4H,1H3,(H,13,14,15,16). The van der Waals surface area contributed by atoms with Crippen molar-refractivity contribution in [3.8, 4) is 23.4 Å². The van der Waals surface area contributed by atoms with Gasteiger partial charge in [0.25, 0.3) is 0 Å². The van der Waals surface area contributed by atoms with Crippen molar-refractivity contribution in [2.75, 3.05) is 7.11 Å². The summed E-state index contributed by atoms with van der Waals surface area (Å²) in [6.45, 7) is 0. The minimum absolute atomic E-state index is 0.0172. The number of methoxy groups -OCH3 is 1. The Hall–Kier alpha value is -1.59. The number of aromatic hydroxyl groups is 1. The Morgan fingerprint density at radius 3 is 2.29 bits per heavy atom. The zero-order valence-corrected chi connectivity index (χ0v) is 10.2. The molecule has 1 aromatic heterocycles. The number of hydrogen-bond donors (Lipinski definition) is 1. The lowest BCUT2D eigenvalue weighted by Gasteiger charge is -2.04. The molecule has 0 aliphatic rings. The van der Waals surface area contributed by atoms with Crippen LogP contribution in [0, 0.1) is 0 Å². The third-order valence-corrected chi connectivity index (χ3v) is 2.34. The molecule has 0 unspecified atom stereocenters. The Kier molecular flexibility index (Phi) is 3.31. The van der Waals surface area contributed by atoms with Gasteiger partial charge in [0.05, 0.1) is 7.11 Å². The van der Waals surface area contributed by atoms with Crippen LogP contribution in [0.5, 0.6) is 12.0 Å². The molecule has 0 amide bonds. The summed E-state index contributed by atoms with van der Waals surface area (Å²) < 4.78 is 4.83. The lowest BCUT2D eigenvalue weighted by atomic mass is 10.2. The van der Waals surface area contributed by atoms with Crippen LogP contribution in [0.1, 0.15) is 0 Å². The van der Waals surface area contributed by atoms with Crippen molar-refractivity contribution in [3.05, 3.63) is 28.2 Å². The van der Waals surface area contributed by atoms with Gasteiger partial charge in [-0.15, -0.1) is 4.98 Å². The molecule has 7 heteroatoms. The first-order valence-electron chi connectivity index (χ1n) is 4.54. The summed E-state index contributed by atoms with van der Waals surface area (Å²) in [5.74, 6) is 0.235. The van der Waals surface area contributed by atoms with Crippen LogP contribution in [0.4, 0.5) is 0 Å². The highest BCUT2D eigenvalue weighted by molar-refractivity contribution is 6.35. The predicted molar refractivity (Wildman–Crippen MR) is 63.5 cm³/mol. The summed E-state index contributed by atoms with van der Waals surface area (Å²) in [5, 5.41) is 10.2. The highest BCUT2D eigenvalue weighted by Crippen LogP contribution is 2.26. The van der Waals surface area contributed by atoms with Crippen molar-refractivity contribution in [3.63, 3.8) is 0 Å². The first-order valence-corrected chi connectivity index (χ1v) is 5.29.